The third kappa shape index (κ3) is 3.68. The number of nitro groups is 1. The smallest absolute Gasteiger partial charge is 0.311 e. The standard InChI is InChI=1S/C15H18N4O2/c1-3-10-16-14-9-8-13(19(20)21)15(18-14)17-12-7-5-4-6-11(12)2/h4-9H,3,10H2,1-2H3,(H2,16,17,18). The van der Waals surface area contributed by atoms with Crippen molar-refractivity contribution in [3.63, 3.8) is 0 Å². The van der Waals surface area contributed by atoms with Crippen molar-refractivity contribution >= 4 is 23.0 Å². The van der Waals surface area contributed by atoms with Crippen LogP contribution >= 0.6 is 0 Å². The Morgan fingerprint density at radius 2 is 2.00 bits per heavy atom. The Balaban J connectivity index is 2.34. The molecule has 110 valence electrons. The average Bonchev–Trinajstić information content (AvgIpc) is 2.47. The fourth-order valence-electron chi connectivity index (χ4n) is 1.88. The molecule has 0 aliphatic rings. The molecule has 6 heteroatoms. The van der Waals surface area contributed by atoms with E-state index in [0.717, 1.165) is 24.2 Å². The Morgan fingerprint density at radius 1 is 1.24 bits per heavy atom. The van der Waals surface area contributed by atoms with Crippen molar-refractivity contribution in [3.05, 3.63) is 52.1 Å². The molecule has 6 nitrogen and oxygen atoms in total. The normalized spacial score (nSPS) is 10.2. The molecule has 0 saturated heterocycles. The van der Waals surface area contributed by atoms with E-state index in [1.54, 1.807) is 6.07 Å². The molecule has 0 fully saturated rings. The van der Waals surface area contributed by atoms with E-state index in [0.29, 0.717) is 5.82 Å². The first-order chi connectivity index (χ1) is 10.1. The molecular formula is C15H18N4O2. The lowest BCUT2D eigenvalue weighted by Crippen LogP contribution is -2.06. The molecule has 1 heterocycles. The fourth-order valence-corrected chi connectivity index (χ4v) is 1.88. The number of benzene rings is 1. The topological polar surface area (TPSA) is 80.1 Å². The number of rotatable bonds is 6. The van der Waals surface area contributed by atoms with Gasteiger partial charge in [0.15, 0.2) is 0 Å². The van der Waals surface area contributed by atoms with Gasteiger partial charge in [-0.2, -0.15) is 0 Å². The molecule has 0 aliphatic carbocycles. The lowest BCUT2D eigenvalue weighted by Gasteiger charge is -2.11. The molecule has 0 aliphatic heterocycles. The first-order valence-electron chi connectivity index (χ1n) is 6.83. The van der Waals surface area contributed by atoms with Gasteiger partial charge in [0.2, 0.25) is 5.82 Å². The van der Waals surface area contributed by atoms with Gasteiger partial charge in [-0.25, -0.2) is 4.98 Å². The third-order valence-corrected chi connectivity index (χ3v) is 3.02. The van der Waals surface area contributed by atoms with Crippen LogP contribution in [0.1, 0.15) is 18.9 Å². The quantitative estimate of drug-likeness (QED) is 0.622. The Hall–Kier alpha value is -2.63. The van der Waals surface area contributed by atoms with Gasteiger partial charge in [0, 0.05) is 18.3 Å². The molecule has 0 spiro atoms. The lowest BCUT2D eigenvalue weighted by atomic mass is 10.2. The highest BCUT2D eigenvalue weighted by molar-refractivity contribution is 5.69. The number of pyridine rings is 1. The first-order valence-corrected chi connectivity index (χ1v) is 6.83. The summed E-state index contributed by atoms with van der Waals surface area (Å²) in [5.74, 6) is 0.869. The van der Waals surface area contributed by atoms with Crippen molar-refractivity contribution in [1.29, 1.82) is 0 Å². The first kappa shape index (κ1) is 14.8. The highest BCUT2D eigenvalue weighted by Crippen LogP contribution is 2.28. The zero-order chi connectivity index (χ0) is 15.2. The minimum atomic E-state index is -0.433. The summed E-state index contributed by atoms with van der Waals surface area (Å²) in [6, 6.07) is 10.7. The minimum absolute atomic E-state index is 0.0414. The number of nitrogens with zero attached hydrogens (tertiary/aromatic N) is 2. The summed E-state index contributed by atoms with van der Waals surface area (Å²) < 4.78 is 0. The molecule has 0 atom stereocenters. The number of anilines is 3. The molecule has 0 bridgehead atoms. The molecule has 2 N–H and O–H groups in total. The maximum atomic E-state index is 11.1. The molecule has 21 heavy (non-hydrogen) atoms. The van der Waals surface area contributed by atoms with Crippen molar-refractivity contribution in [1.82, 2.24) is 4.98 Å². The van der Waals surface area contributed by atoms with E-state index in [4.69, 9.17) is 0 Å². The molecule has 0 amide bonds. The molecule has 0 unspecified atom stereocenters. The van der Waals surface area contributed by atoms with Gasteiger partial charge in [0.05, 0.1) is 4.92 Å². The number of hydrogen-bond donors (Lipinski definition) is 2. The van der Waals surface area contributed by atoms with Crippen LogP contribution in [0.3, 0.4) is 0 Å². The fraction of sp³-hybridized carbons (Fsp3) is 0.267. The Bertz CT molecular complexity index is 643. The van der Waals surface area contributed by atoms with Gasteiger partial charge in [0.25, 0.3) is 0 Å². The van der Waals surface area contributed by atoms with Crippen LogP contribution < -0.4 is 10.6 Å². The number of para-hydroxylation sites is 1. The van der Waals surface area contributed by atoms with E-state index in [9.17, 15) is 10.1 Å². The van der Waals surface area contributed by atoms with Crippen molar-refractivity contribution < 1.29 is 4.92 Å². The summed E-state index contributed by atoms with van der Waals surface area (Å²) in [6.07, 6.45) is 0.958. The summed E-state index contributed by atoms with van der Waals surface area (Å²) >= 11 is 0. The molecule has 0 saturated carbocycles. The van der Waals surface area contributed by atoms with Crippen molar-refractivity contribution in [2.24, 2.45) is 0 Å². The number of hydrogen-bond acceptors (Lipinski definition) is 5. The summed E-state index contributed by atoms with van der Waals surface area (Å²) in [5, 5.41) is 17.3. The molecule has 2 rings (SSSR count). The second-order valence-corrected chi connectivity index (χ2v) is 4.69. The highest BCUT2D eigenvalue weighted by atomic mass is 16.6. The van der Waals surface area contributed by atoms with E-state index in [1.807, 2.05) is 38.1 Å². The van der Waals surface area contributed by atoms with Crippen LogP contribution in [-0.2, 0) is 0 Å². The van der Waals surface area contributed by atoms with Crippen LogP contribution in [0.4, 0.5) is 23.0 Å². The number of aromatic nitrogens is 1. The summed E-state index contributed by atoms with van der Waals surface area (Å²) in [5.41, 5.74) is 1.77. The Morgan fingerprint density at radius 3 is 2.67 bits per heavy atom. The van der Waals surface area contributed by atoms with Crippen LogP contribution in [0.25, 0.3) is 0 Å². The zero-order valence-corrected chi connectivity index (χ0v) is 12.1. The Labute approximate surface area is 123 Å². The molecule has 2 aromatic rings. The van der Waals surface area contributed by atoms with Crippen LogP contribution in [0.5, 0.6) is 0 Å². The molecule has 0 radical (unpaired) electrons. The van der Waals surface area contributed by atoms with Gasteiger partial charge in [-0.1, -0.05) is 25.1 Å². The average molecular weight is 286 g/mol. The minimum Gasteiger partial charge on any atom is -0.370 e. The van der Waals surface area contributed by atoms with Crippen LogP contribution in [0, 0.1) is 17.0 Å². The second kappa shape index (κ2) is 6.69. The van der Waals surface area contributed by atoms with E-state index in [2.05, 4.69) is 15.6 Å². The molecular weight excluding hydrogens is 268 g/mol. The van der Waals surface area contributed by atoms with Gasteiger partial charge in [-0.3, -0.25) is 10.1 Å². The largest absolute Gasteiger partial charge is 0.370 e. The van der Waals surface area contributed by atoms with Gasteiger partial charge >= 0.3 is 5.69 Å². The number of nitrogens with one attached hydrogen (secondary N) is 2. The summed E-state index contributed by atoms with van der Waals surface area (Å²) in [7, 11) is 0. The van der Waals surface area contributed by atoms with Gasteiger partial charge in [-0.15, -0.1) is 0 Å². The van der Waals surface area contributed by atoms with Crippen LogP contribution in [-0.4, -0.2) is 16.5 Å². The van der Waals surface area contributed by atoms with Crippen LogP contribution in [0.2, 0.25) is 0 Å². The zero-order valence-electron chi connectivity index (χ0n) is 12.1. The van der Waals surface area contributed by atoms with E-state index in [-0.39, 0.29) is 11.5 Å². The van der Waals surface area contributed by atoms with Crippen molar-refractivity contribution in [2.75, 3.05) is 17.2 Å². The van der Waals surface area contributed by atoms with E-state index in [1.165, 1.54) is 6.07 Å². The lowest BCUT2D eigenvalue weighted by molar-refractivity contribution is -0.384. The Kier molecular flexibility index (Phi) is 4.71. The summed E-state index contributed by atoms with van der Waals surface area (Å²) in [4.78, 5) is 15.0. The monoisotopic (exact) mass is 286 g/mol. The van der Waals surface area contributed by atoms with Crippen LogP contribution in [0.15, 0.2) is 36.4 Å². The van der Waals surface area contributed by atoms with Gasteiger partial charge in [-0.05, 0) is 31.0 Å². The van der Waals surface area contributed by atoms with Gasteiger partial charge in [0.1, 0.15) is 5.82 Å². The molecule has 1 aromatic carbocycles. The van der Waals surface area contributed by atoms with Crippen molar-refractivity contribution in [2.45, 2.75) is 20.3 Å². The van der Waals surface area contributed by atoms with Crippen molar-refractivity contribution in [3.8, 4) is 0 Å². The SMILES string of the molecule is CCCNc1ccc([N+](=O)[O-])c(Nc2ccccc2C)n1. The second-order valence-electron chi connectivity index (χ2n) is 4.69. The maximum Gasteiger partial charge on any atom is 0.311 e. The summed E-state index contributed by atoms with van der Waals surface area (Å²) in [6.45, 7) is 4.76. The predicted molar refractivity (Wildman–Crippen MR) is 84.1 cm³/mol. The number of aryl methyl sites for hydroxylation is 1. The van der Waals surface area contributed by atoms with E-state index >= 15 is 0 Å². The predicted octanol–water partition coefficient (Wildman–Crippen LogP) is 3.86. The molecule has 1 aromatic heterocycles. The highest BCUT2D eigenvalue weighted by Gasteiger charge is 2.16. The van der Waals surface area contributed by atoms with E-state index < -0.39 is 4.92 Å². The third-order valence-electron chi connectivity index (χ3n) is 3.02. The van der Waals surface area contributed by atoms with Gasteiger partial charge < -0.3 is 10.6 Å². The maximum absolute atomic E-state index is 11.1.